The smallest absolute Gasteiger partial charge is 0.410 e. The zero-order chi connectivity index (χ0) is 21.2. The molecule has 9 heteroatoms. The highest BCUT2D eigenvalue weighted by molar-refractivity contribution is 6.35. The second-order valence-corrected chi connectivity index (χ2v) is 8.50. The molecular weight excluding hydrogens is 394 g/mol. The van der Waals surface area contributed by atoms with Crippen molar-refractivity contribution in [1.29, 1.82) is 0 Å². The highest BCUT2D eigenvalue weighted by atomic mass is 35.5. The second kappa shape index (κ2) is 8.59. The maximum atomic E-state index is 13.3. The molecule has 0 spiro atoms. The molecule has 29 heavy (non-hydrogen) atoms. The van der Waals surface area contributed by atoms with Crippen LogP contribution in [0.1, 0.15) is 33.0 Å². The van der Waals surface area contributed by atoms with Crippen LogP contribution >= 0.6 is 11.6 Å². The third kappa shape index (κ3) is 4.82. The van der Waals surface area contributed by atoms with E-state index in [0.717, 1.165) is 6.42 Å². The van der Waals surface area contributed by atoms with Crippen LogP contribution in [0.4, 0.5) is 4.79 Å². The molecule has 8 nitrogen and oxygen atoms in total. The van der Waals surface area contributed by atoms with E-state index in [4.69, 9.17) is 22.1 Å². The van der Waals surface area contributed by atoms with Crippen LogP contribution in [0.25, 0.3) is 10.9 Å². The lowest BCUT2D eigenvalue weighted by Crippen LogP contribution is -2.56. The van der Waals surface area contributed by atoms with Crippen molar-refractivity contribution in [2.75, 3.05) is 37.7 Å². The number of hydrogen-bond donors (Lipinski definition) is 1. The molecule has 0 saturated carbocycles. The summed E-state index contributed by atoms with van der Waals surface area (Å²) < 4.78 is 7.06. The van der Waals surface area contributed by atoms with Gasteiger partial charge in [-0.05, 0) is 45.9 Å². The van der Waals surface area contributed by atoms with Gasteiger partial charge >= 0.3 is 6.09 Å². The average molecular weight is 422 g/mol. The third-order valence-corrected chi connectivity index (χ3v) is 5.00. The van der Waals surface area contributed by atoms with Gasteiger partial charge in [0.1, 0.15) is 11.4 Å². The molecule has 1 amide bonds. The van der Waals surface area contributed by atoms with Gasteiger partial charge in [0.2, 0.25) is 0 Å². The highest BCUT2D eigenvalue weighted by Crippen LogP contribution is 2.20. The summed E-state index contributed by atoms with van der Waals surface area (Å²) in [6.07, 6.45) is 0.962. The van der Waals surface area contributed by atoms with Crippen LogP contribution in [0.5, 0.6) is 0 Å². The Labute approximate surface area is 175 Å². The molecule has 0 atom stereocenters. The van der Waals surface area contributed by atoms with Crippen molar-refractivity contribution in [3.05, 3.63) is 39.4 Å². The van der Waals surface area contributed by atoms with Gasteiger partial charge in [0.15, 0.2) is 0 Å². The largest absolute Gasteiger partial charge is 0.444 e. The fraction of sp³-hybridized carbons (Fsp3) is 0.550. The number of hydrogen-bond acceptors (Lipinski definition) is 6. The Morgan fingerprint density at radius 3 is 2.55 bits per heavy atom. The molecule has 3 rings (SSSR count). The van der Waals surface area contributed by atoms with E-state index < -0.39 is 5.60 Å². The van der Waals surface area contributed by atoms with Gasteiger partial charge < -0.3 is 20.4 Å². The summed E-state index contributed by atoms with van der Waals surface area (Å²) >= 11 is 6.29. The third-order valence-electron chi connectivity index (χ3n) is 4.69. The number of aryl methyl sites for hydroxylation is 1. The van der Waals surface area contributed by atoms with Crippen molar-refractivity contribution in [3.8, 4) is 0 Å². The van der Waals surface area contributed by atoms with Crippen molar-refractivity contribution >= 4 is 28.6 Å². The van der Waals surface area contributed by atoms with Gasteiger partial charge in [-0.15, -0.1) is 0 Å². The Bertz CT molecular complexity index is 946. The van der Waals surface area contributed by atoms with Crippen LogP contribution in [-0.2, 0) is 11.2 Å². The maximum absolute atomic E-state index is 13.3. The molecule has 1 aromatic heterocycles. The zero-order valence-electron chi connectivity index (χ0n) is 17.2. The number of carbonyl (C=O) groups excluding carboxylic acids is 1. The minimum Gasteiger partial charge on any atom is -0.444 e. The monoisotopic (exact) mass is 421 g/mol. The fourth-order valence-corrected chi connectivity index (χ4v) is 3.60. The van der Waals surface area contributed by atoms with Crippen LogP contribution < -0.4 is 16.3 Å². The van der Waals surface area contributed by atoms with E-state index in [9.17, 15) is 9.59 Å². The van der Waals surface area contributed by atoms with Gasteiger partial charge in [0, 0.05) is 19.5 Å². The molecule has 2 aromatic rings. The minimum atomic E-state index is -0.542. The summed E-state index contributed by atoms with van der Waals surface area (Å²) in [6.45, 7) is 7.93. The molecule has 1 aromatic carbocycles. The van der Waals surface area contributed by atoms with Gasteiger partial charge in [-0.1, -0.05) is 17.7 Å². The molecule has 0 radical (unpaired) electrons. The van der Waals surface area contributed by atoms with E-state index in [-0.39, 0.29) is 11.7 Å². The maximum Gasteiger partial charge on any atom is 0.410 e. The van der Waals surface area contributed by atoms with Crippen LogP contribution in [-0.4, -0.2) is 59.0 Å². The van der Waals surface area contributed by atoms with Gasteiger partial charge in [-0.25, -0.2) is 14.5 Å². The van der Waals surface area contributed by atoms with Gasteiger partial charge in [0.25, 0.3) is 5.56 Å². The minimum absolute atomic E-state index is 0.196. The molecule has 1 fully saturated rings. The topological polar surface area (TPSA) is 93.7 Å². The molecule has 0 aliphatic carbocycles. The van der Waals surface area contributed by atoms with E-state index in [1.807, 2.05) is 25.8 Å². The first-order valence-electron chi connectivity index (χ1n) is 9.84. The molecule has 0 unspecified atom stereocenters. The van der Waals surface area contributed by atoms with Crippen molar-refractivity contribution in [3.63, 3.8) is 0 Å². The standard InChI is InChI=1S/C20H28ClN5O3/c1-20(2,3)29-19(28)24-10-12-25(13-11-24)26-16(8-5-9-22)23-15-7-4-6-14(21)17(15)18(26)27/h4,6-7H,5,8-13,22H2,1-3H3. The molecule has 158 valence electrons. The lowest BCUT2D eigenvalue weighted by Gasteiger charge is -2.37. The molecule has 1 aliphatic heterocycles. The normalized spacial score (nSPS) is 15.1. The predicted octanol–water partition coefficient (Wildman–Crippen LogP) is 2.13. The number of nitrogens with zero attached hydrogens (tertiary/aromatic N) is 4. The van der Waals surface area contributed by atoms with Crippen molar-refractivity contribution < 1.29 is 9.53 Å². The van der Waals surface area contributed by atoms with Gasteiger partial charge in [0.05, 0.1) is 29.0 Å². The molecular formula is C20H28ClN5O3. The Kier molecular flexibility index (Phi) is 6.33. The van der Waals surface area contributed by atoms with Crippen molar-refractivity contribution in [1.82, 2.24) is 14.6 Å². The van der Waals surface area contributed by atoms with Gasteiger partial charge in [-0.3, -0.25) is 4.79 Å². The first-order chi connectivity index (χ1) is 13.7. The van der Waals surface area contributed by atoms with Crippen LogP contribution in [0.2, 0.25) is 5.02 Å². The lowest BCUT2D eigenvalue weighted by molar-refractivity contribution is 0.0231. The van der Waals surface area contributed by atoms with E-state index in [1.165, 1.54) is 0 Å². The molecule has 2 heterocycles. The number of fused-ring (bicyclic) bond motifs is 1. The highest BCUT2D eigenvalue weighted by Gasteiger charge is 2.27. The molecule has 1 saturated heterocycles. The Morgan fingerprint density at radius 1 is 1.24 bits per heavy atom. The SMILES string of the molecule is CC(C)(C)OC(=O)N1CCN(n2c(CCCN)nc3cccc(Cl)c3c2=O)CC1. The number of aromatic nitrogens is 2. The summed E-state index contributed by atoms with van der Waals surface area (Å²) in [4.78, 5) is 32.0. The Morgan fingerprint density at radius 2 is 1.93 bits per heavy atom. The first-order valence-corrected chi connectivity index (χ1v) is 10.2. The zero-order valence-corrected chi connectivity index (χ0v) is 17.9. The van der Waals surface area contributed by atoms with Crippen LogP contribution in [0.3, 0.4) is 0 Å². The quantitative estimate of drug-likeness (QED) is 0.812. The van der Waals surface area contributed by atoms with Crippen molar-refractivity contribution in [2.24, 2.45) is 5.73 Å². The fourth-order valence-electron chi connectivity index (χ4n) is 3.35. The number of halogens is 1. The second-order valence-electron chi connectivity index (χ2n) is 8.09. The summed E-state index contributed by atoms with van der Waals surface area (Å²) in [5.41, 5.74) is 5.52. The van der Waals surface area contributed by atoms with Crippen LogP contribution in [0, 0.1) is 0 Å². The number of nitrogens with two attached hydrogens (primary N) is 1. The van der Waals surface area contributed by atoms with E-state index in [1.54, 1.807) is 27.8 Å². The average Bonchev–Trinajstić information content (AvgIpc) is 2.65. The summed E-state index contributed by atoms with van der Waals surface area (Å²) in [7, 11) is 0. The predicted molar refractivity (Wildman–Crippen MR) is 114 cm³/mol. The number of rotatable bonds is 4. The summed E-state index contributed by atoms with van der Waals surface area (Å²) in [5, 5.41) is 2.71. The van der Waals surface area contributed by atoms with Crippen molar-refractivity contribution in [2.45, 2.75) is 39.2 Å². The van der Waals surface area contributed by atoms with E-state index >= 15 is 0 Å². The van der Waals surface area contributed by atoms with E-state index in [2.05, 4.69) is 4.98 Å². The summed E-state index contributed by atoms with van der Waals surface area (Å²) in [6, 6.07) is 5.27. The number of benzene rings is 1. The summed E-state index contributed by atoms with van der Waals surface area (Å²) in [5.74, 6) is 0.654. The number of amides is 1. The number of ether oxygens (including phenoxy) is 1. The van der Waals surface area contributed by atoms with E-state index in [0.29, 0.717) is 60.9 Å². The molecule has 1 aliphatic rings. The Balaban J connectivity index is 1.89. The Hall–Kier alpha value is -2.32. The molecule has 2 N–H and O–H groups in total. The first kappa shape index (κ1) is 21.4. The lowest BCUT2D eigenvalue weighted by atomic mass is 10.2. The molecule has 0 bridgehead atoms. The van der Waals surface area contributed by atoms with Crippen LogP contribution in [0.15, 0.2) is 23.0 Å². The number of carbonyl (C=O) groups is 1. The van der Waals surface area contributed by atoms with Gasteiger partial charge in [-0.2, -0.15) is 0 Å². The number of piperazine rings is 1.